The van der Waals surface area contributed by atoms with Crippen molar-refractivity contribution >= 4 is 22.9 Å². The van der Waals surface area contributed by atoms with E-state index in [1.807, 2.05) is 48.5 Å². The fraction of sp³-hybridized carbons (Fsp3) is 0.364. The molecule has 0 fully saturated rings. The van der Waals surface area contributed by atoms with Gasteiger partial charge in [-0.25, -0.2) is 4.98 Å². The number of carbonyl (C=O) groups is 1. The third-order valence-electron chi connectivity index (χ3n) is 5.36. The molecule has 6 nitrogen and oxygen atoms in total. The van der Waals surface area contributed by atoms with Gasteiger partial charge in [-0.1, -0.05) is 44.2 Å². The van der Waals surface area contributed by atoms with Gasteiger partial charge in [-0.2, -0.15) is 0 Å². The van der Waals surface area contributed by atoms with Gasteiger partial charge in [0.2, 0.25) is 5.95 Å². The number of amides is 1. The molecule has 1 unspecified atom stereocenters. The second kappa shape index (κ2) is 8.02. The topological polar surface area (TPSA) is 59.4 Å². The Bertz CT molecular complexity index is 953. The van der Waals surface area contributed by atoms with Crippen LogP contribution < -0.4 is 10.1 Å². The number of ether oxygens (including phenoxy) is 1. The van der Waals surface area contributed by atoms with Crippen LogP contribution in [0.3, 0.4) is 0 Å². The smallest absolute Gasteiger partial charge is 0.268 e. The number of para-hydroxylation sites is 3. The van der Waals surface area contributed by atoms with E-state index in [0.717, 1.165) is 48.5 Å². The normalized spacial score (nSPS) is 15.6. The minimum Gasteiger partial charge on any atom is -0.480 e. The molecule has 4 rings (SSSR count). The summed E-state index contributed by atoms with van der Waals surface area (Å²) in [5.74, 6) is 1.21. The Kier molecular flexibility index (Phi) is 5.30. The summed E-state index contributed by atoms with van der Waals surface area (Å²) < 4.78 is 7.92. The molecule has 0 aliphatic carbocycles. The summed E-state index contributed by atoms with van der Waals surface area (Å²) in [6, 6.07) is 15.8. The van der Waals surface area contributed by atoms with Crippen LogP contribution in [0.15, 0.2) is 48.5 Å². The van der Waals surface area contributed by atoms with Gasteiger partial charge in [0.05, 0.1) is 11.0 Å². The molecule has 28 heavy (non-hydrogen) atoms. The summed E-state index contributed by atoms with van der Waals surface area (Å²) in [6.45, 7) is 7.99. The Morgan fingerprint density at radius 3 is 2.71 bits per heavy atom. The van der Waals surface area contributed by atoms with Crippen LogP contribution in [-0.2, 0) is 17.8 Å². The third kappa shape index (κ3) is 3.60. The fourth-order valence-corrected chi connectivity index (χ4v) is 3.70. The van der Waals surface area contributed by atoms with Crippen molar-refractivity contribution in [3.05, 3.63) is 54.1 Å². The van der Waals surface area contributed by atoms with Gasteiger partial charge in [0, 0.05) is 19.5 Å². The van der Waals surface area contributed by atoms with Crippen molar-refractivity contribution in [3.63, 3.8) is 0 Å². The number of fused-ring (bicyclic) bond motifs is 2. The number of carbonyl (C=O) groups excluding carboxylic acids is 1. The lowest BCUT2D eigenvalue weighted by atomic mass is 10.1. The van der Waals surface area contributed by atoms with E-state index in [2.05, 4.69) is 33.6 Å². The molecule has 2 heterocycles. The molecular formula is C22H26N4O2. The highest BCUT2D eigenvalue weighted by molar-refractivity contribution is 5.95. The number of benzene rings is 2. The van der Waals surface area contributed by atoms with E-state index >= 15 is 0 Å². The van der Waals surface area contributed by atoms with Crippen molar-refractivity contribution in [1.29, 1.82) is 0 Å². The first-order chi connectivity index (χ1) is 13.7. The zero-order valence-electron chi connectivity index (χ0n) is 16.4. The second-order valence-electron chi connectivity index (χ2n) is 7.01. The van der Waals surface area contributed by atoms with Crippen LogP contribution in [0.1, 0.15) is 19.4 Å². The third-order valence-corrected chi connectivity index (χ3v) is 5.36. The van der Waals surface area contributed by atoms with E-state index in [9.17, 15) is 4.79 Å². The van der Waals surface area contributed by atoms with Gasteiger partial charge in [-0.15, -0.1) is 0 Å². The average Bonchev–Trinajstić information content (AvgIpc) is 3.30. The Hall–Kier alpha value is -2.86. The van der Waals surface area contributed by atoms with Crippen LogP contribution >= 0.6 is 0 Å². The lowest BCUT2D eigenvalue weighted by Crippen LogP contribution is -2.33. The van der Waals surface area contributed by atoms with Gasteiger partial charge in [-0.05, 0) is 36.9 Å². The molecule has 0 saturated carbocycles. The predicted molar refractivity (Wildman–Crippen MR) is 111 cm³/mol. The summed E-state index contributed by atoms with van der Waals surface area (Å²) in [4.78, 5) is 19.9. The van der Waals surface area contributed by atoms with E-state index in [-0.39, 0.29) is 5.91 Å². The summed E-state index contributed by atoms with van der Waals surface area (Å²) in [5, 5.41) is 3.01. The van der Waals surface area contributed by atoms with Crippen LogP contribution in [0.2, 0.25) is 0 Å². The molecule has 1 aliphatic heterocycles. The minimum absolute atomic E-state index is 0.157. The first-order valence-electron chi connectivity index (χ1n) is 9.92. The molecule has 1 amide bonds. The van der Waals surface area contributed by atoms with Gasteiger partial charge in [0.15, 0.2) is 6.10 Å². The first-order valence-corrected chi connectivity index (χ1v) is 9.92. The molecule has 146 valence electrons. The maximum absolute atomic E-state index is 12.9. The quantitative estimate of drug-likeness (QED) is 0.685. The lowest BCUT2D eigenvalue weighted by molar-refractivity contribution is -0.122. The summed E-state index contributed by atoms with van der Waals surface area (Å²) in [5.41, 5.74) is 2.98. The molecule has 0 bridgehead atoms. The monoisotopic (exact) mass is 378 g/mol. The van der Waals surface area contributed by atoms with E-state index in [0.29, 0.717) is 12.4 Å². The number of imidazole rings is 1. The van der Waals surface area contributed by atoms with Gasteiger partial charge >= 0.3 is 0 Å². The Morgan fingerprint density at radius 2 is 1.93 bits per heavy atom. The number of anilines is 1. The highest BCUT2D eigenvalue weighted by Crippen LogP contribution is 2.29. The Labute approximate surface area is 165 Å². The molecule has 1 N–H and O–H groups in total. The Morgan fingerprint density at radius 1 is 1.18 bits per heavy atom. The van der Waals surface area contributed by atoms with Crippen LogP contribution in [0.4, 0.5) is 5.95 Å². The Balaban J connectivity index is 1.54. The molecule has 0 radical (unpaired) electrons. The fourth-order valence-electron chi connectivity index (χ4n) is 3.70. The van der Waals surface area contributed by atoms with Gasteiger partial charge in [0.1, 0.15) is 5.75 Å². The zero-order valence-corrected chi connectivity index (χ0v) is 16.4. The number of nitrogens with zero attached hydrogens (tertiary/aromatic N) is 3. The molecule has 1 atom stereocenters. The zero-order chi connectivity index (χ0) is 19.5. The van der Waals surface area contributed by atoms with Crippen molar-refractivity contribution in [3.8, 4) is 5.75 Å². The molecule has 6 heteroatoms. The number of hydrogen-bond donors (Lipinski definition) is 1. The number of hydrogen-bond acceptors (Lipinski definition) is 4. The lowest BCUT2D eigenvalue weighted by Gasteiger charge is -2.19. The standard InChI is InChI=1S/C22H26N4O2/c1-3-25(4-2)13-14-26-18-11-7-6-10-17(18)23-22(26)24-21(27)20-15-16-9-5-8-12-19(16)28-20/h5-12,20H,3-4,13-15H2,1-2H3,(H,23,24,27). The summed E-state index contributed by atoms with van der Waals surface area (Å²) >= 11 is 0. The van der Waals surface area contributed by atoms with Crippen molar-refractivity contribution < 1.29 is 9.53 Å². The number of rotatable bonds is 7. The predicted octanol–water partition coefficient (Wildman–Crippen LogP) is 3.32. The molecule has 1 aromatic heterocycles. The summed E-state index contributed by atoms with van der Waals surface area (Å²) in [6.07, 6.45) is 0.0650. The largest absolute Gasteiger partial charge is 0.480 e. The van der Waals surface area contributed by atoms with Crippen LogP contribution in [-0.4, -0.2) is 46.1 Å². The van der Waals surface area contributed by atoms with E-state index in [1.54, 1.807) is 0 Å². The van der Waals surface area contributed by atoms with E-state index in [1.165, 1.54) is 0 Å². The maximum Gasteiger partial charge on any atom is 0.268 e. The molecule has 3 aromatic rings. The van der Waals surface area contributed by atoms with Crippen molar-refractivity contribution in [2.24, 2.45) is 0 Å². The SMILES string of the molecule is CCN(CC)CCn1c(NC(=O)C2Cc3ccccc3O2)nc2ccccc21. The molecule has 1 aliphatic rings. The highest BCUT2D eigenvalue weighted by Gasteiger charge is 2.29. The first kappa shape index (κ1) is 18.5. The van der Waals surface area contributed by atoms with Crippen molar-refractivity contribution in [1.82, 2.24) is 14.5 Å². The average molecular weight is 378 g/mol. The van der Waals surface area contributed by atoms with Gasteiger partial charge in [-0.3, -0.25) is 10.1 Å². The molecule has 0 saturated heterocycles. The van der Waals surface area contributed by atoms with Crippen LogP contribution in [0.25, 0.3) is 11.0 Å². The minimum atomic E-state index is -0.520. The van der Waals surface area contributed by atoms with Crippen LogP contribution in [0.5, 0.6) is 5.75 Å². The number of aromatic nitrogens is 2. The number of likely N-dealkylation sites (N-methyl/N-ethyl adjacent to an activating group) is 1. The van der Waals surface area contributed by atoms with Gasteiger partial charge < -0.3 is 14.2 Å². The van der Waals surface area contributed by atoms with E-state index < -0.39 is 6.10 Å². The summed E-state index contributed by atoms with van der Waals surface area (Å²) in [7, 11) is 0. The molecule has 2 aromatic carbocycles. The van der Waals surface area contributed by atoms with Gasteiger partial charge in [0.25, 0.3) is 5.91 Å². The molecule has 0 spiro atoms. The van der Waals surface area contributed by atoms with Crippen molar-refractivity contribution in [2.75, 3.05) is 25.0 Å². The van der Waals surface area contributed by atoms with Crippen molar-refractivity contribution in [2.45, 2.75) is 32.9 Å². The second-order valence-corrected chi connectivity index (χ2v) is 7.01. The van der Waals surface area contributed by atoms with E-state index in [4.69, 9.17) is 4.74 Å². The number of nitrogens with one attached hydrogen (secondary N) is 1. The highest BCUT2D eigenvalue weighted by atomic mass is 16.5. The van der Waals surface area contributed by atoms with Crippen LogP contribution in [0, 0.1) is 0 Å². The molecular weight excluding hydrogens is 352 g/mol. The maximum atomic E-state index is 12.9.